The SMILES string of the molecule is O=C(OC1(Cc2cccc(Cl)c2)NC(c2ccccc2)C(c2ccccc2)N1)C(F)(F)F. The van der Waals surface area contributed by atoms with Gasteiger partial charge in [0.15, 0.2) is 0 Å². The molecule has 2 atom stereocenters. The fourth-order valence-corrected chi connectivity index (χ4v) is 4.14. The molecule has 1 saturated heterocycles. The van der Waals surface area contributed by atoms with Gasteiger partial charge in [-0.05, 0) is 28.8 Å². The average Bonchev–Trinajstić information content (AvgIpc) is 3.13. The van der Waals surface area contributed by atoms with Crippen molar-refractivity contribution in [3.8, 4) is 0 Å². The van der Waals surface area contributed by atoms with Crippen LogP contribution >= 0.6 is 11.6 Å². The highest BCUT2D eigenvalue weighted by atomic mass is 35.5. The van der Waals surface area contributed by atoms with Crippen LogP contribution in [0, 0.1) is 0 Å². The van der Waals surface area contributed by atoms with Crippen molar-refractivity contribution in [1.29, 1.82) is 0 Å². The number of hydrogen-bond acceptors (Lipinski definition) is 4. The number of rotatable bonds is 5. The van der Waals surface area contributed by atoms with Crippen LogP contribution in [0.15, 0.2) is 84.9 Å². The molecule has 166 valence electrons. The lowest BCUT2D eigenvalue weighted by molar-refractivity contribution is -0.218. The second-order valence-electron chi connectivity index (χ2n) is 7.59. The van der Waals surface area contributed by atoms with Crippen molar-refractivity contribution in [2.75, 3.05) is 0 Å². The Hall–Kier alpha value is -2.87. The van der Waals surface area contributed by atoms with E-state index < -0.39 is 30.1 Å². The zero-order chi connectivity index (χ0) is 22.8. The van der Waals surface area contributed by atoms with E-state index in [1.165, 1.54) is 0 Å². The van der Waals surface area contributed by atoms with Gasteiger partial charge >= 0.3 is 12.1 Å². The number of esters is 1. The molecule has 2 unspecified atom stereocenters. The molecule has 0 spiro atoms. The largest absolute Gasteiger partial charge is 0.491 e. The number of alkyl halides is 3. The highest BCUT2D eigenvalue weighted by Crippen LogP contribution is 2.39. The van der Waals surface area contributed by atoms with E-state index in [2.05, 4.69) is 10.6 Å². The molecule has 0 amide bonds. The van der Waals surface area contributed by atoms with Crippen LogP contribution in [0.5, 0.6) is 0 Å². The summed E-state index contributed by atoms with van der Waals surface area (Å²) in [5, 5.41) is 6.71. The number of ether oxygens (including phenoxy) is 1. The number of hydrogen-bond donors (Lipinski definition) is 2. The summed E-state index contributed by atoms with van der Waals surface area (Å²) in [6, 6.07) is 24.3. The predicted molar refractivity (Wildman–Crippen MR) is 115 cm³/mol. The molecule has 1 aliphatic heterocycles. The van der Waals surface area contributed by atoms with Crippen LogP contribution in [0.3, 0.4) is 0 Å². The third kappa shape index (κ3) is 4.96. The first-order chi connectivity index (χ1) is 15.3. The molecule has 0 saturated carbocycles. The second-order valence-corrected chi connectivity index (χ2v) is 8.02. The van der Waals surface area contributed by atoms with Crippen molar-refractivity contribution >= 4 is 17.6 Å². The average molecular weight is 461 g/mol. The molecule has 4 rings (SSSR count). The molecule has 0 radical (unpaired) electrons. The summed E-state index contributed by atoms with van der Waals surface area (Å²) >= 11 is 6.07. The van der Waals surface area contributed by atoms with Crippen LogP contribution in [-0.4, -0.2) is 18.0 Å². The maximum Gasteiger partial charge on any atom is 0.491 e. The molecule has 2 N–H and O–H groups in total. The Balaban J connectivity index is 1.76. The van der Waals surface area contributed by atoms with Crippen LogP contribution < -0.4 is 10.6 Å². The van der Waals surface area contributed by atoms with Gasteiger partial charge in [0.2, 0.25) is 5.85 Å². The molecule has 32 heavy (non-hydrogen) atoms. The third-order valence-electron chi connectivity index (χ3n) is 5.27. The highest BCUT2D eigenvalue weighted by Gasteiger charge is 2.52. The van der Waals surface area contributed by atoms with Gasteiger partial charge in [0.1, 0.15) is 0 Å². The lowest BCUT2D eigenvalue weighted by Crippen LogP contribution is -2.56. The number of halogens is 4. The summed E-state index contributed by atoms with van der Waals surface area (Å²) < 4.78 is 44.6. The summed E-state index contributed by atoms with van der Waals surface area (Å²) in [5.41, 5.74) is 2.28. The minimum Gasteiger partial charge on any atom is -0.423 e. The van der Waals surface area contributed by atoms with Gasteiger partial charge in [0, 0.05) is 11.4 Å². The lowest BCUT2D eigenvalue weighted by atomic mass is 9.95. The van der Waals surface area contributed by atoms with E-state index in [0.717, 1.165) is 11.1 Å². The fraction of sp³-hybridized carbons (Fsp3) is 0.208. The predicted octanol–water partition coefficient (Wildman–Crippen LogP) is 5.32. The first-order valence-corrected chi connectivity index (χ1v) is 10.3. The molecule has 0 bridgehead atoms. The van der Waals surface area contributed by atoms with Crippen LogP contribution in [0.4, 0.5) is 13.2 Å². The first kappa shape index (κ1) is 22.3. The summed E-state index contributed by atoms with van der Waals surface area (Å²) in [4.78, 5) is 11.9. The minimum absolute atomic E-state index is 0.0674. The van der Waals surface area contributed by atoms with Crippen molar-refractivity contribution in [3.63, 3.8) is 0 Å². The van der Waals surface area contributed by atoms with Crippen LogP contribution in [0.25, 0.3) is 0 Å². The number of benzene rings is 3. The van der Waals surface area contributed by atoms with Gasteiger partial charge in [-0.3, -0.25) is 10.6 Å². The summed E-state index contributed by atoms with van der Waals surface area (Å²) in [6.45, 7) is 0. The quantitative estimate of drug-likeness (QED) is 0.506. The topological polar surface area (TPSA) is 50.4 Å². The third-order valence-corrected chi connectivity index (χ3v) is 5.50. The minimum atomic E-state index is -5.14. The Kier molecular flexibility index (Phi) is 6.24. The van der Waals surface area contributed by atoms with E-state index in [1.807, 2.05) is 60.7 Å². The smallest absolute Gasteiger partial charge is 0.423 e. The van der Waals surface area contributed by atoms with Gasteiger partial charge in [-0.2, -0.15) is 13.2 Å². The van der Waals surface area contributed by atoms with E-state index in [9.17, 15) is 18.0 Å². The molecule has 0 aromatic heterocycles. The molecular weight excluding hydrogens is 441 g/mol. The first-order valence-electron chi connectivity index (χ1n) is 9.96. The molecule has 1 fully saturated rings. The van der Waals surface area contributed by atoms with Crippen molar-refractivity contribution in [2.24, 2.45) is 0 Å². The van der Waals surface area contributed by atoms with Gasteiger partial charge in [0.25, 0.3) is 0 Å². The standard InChI is InChI=1S/C24H20ClF3N2O2/c25-19-13-7-8-16(14-19)15-23(32-22(31)24(26,27)28)29-20(17-9-3-1-4-10-17)21(30-23)18-11-5-2-6-12-18/h1-14,20-21,29-30H,15H2. The van der Waals surface area contributed by atoms with Crippen molar-refractivity contribution in [3.05, 3.63) is 107 Å². The number of carbonyl (C=O) groups is 1. The van der Waals surface area contributed by atoms with Crippen LogP contribution in [0.2, 0.25) is 5.02 Å². The van der Waals surface area contributed by atoms with Crippen LogP contribution in [0.1, 0.15) is 28.8 Å². The van der Waals surface area contributed by atoms with E-state index in [-0.39, 0.29) is 6.42 Å². The van der Waals surface area contributed by atoms with Gasteiger partial charge in [0.05, 0.1) is 12.1 Å². The van der Waals surface area contributed by atoms with Gasteiger partial charge < -0.3 is 4.74 Å². The van der Waals surface area contributed by atoms with E-state index >= 15 is 0 Å². The summed E-state index contributed by atoms with van der Waals surface area (Å²) in [5.74, 6) is -4.08. The molecule has 8 heteroatoms. The molecule has 1 aliphatic rings. The maximum atomic E-state index is 13.2. The van der Waals surface area contributed by atoms with E-state index in [1.54, 1.807) is 24.3 Å². The zero-order valence-electron chi connectivity index (χ0n) is 16.8. The van der Waals surface area contributed by atoms with Gasteiger partial charge in [-0.15, -0.1) is 0 Å². The molecule has 3 aromatic carbocycles. The van der Waals surface area contributed by atoms with Crippen molar-refractivity contribution < 1.29 is 22.7 Å². The lowest BCUT2D eigenvalue weighted by Gasteiger charge is -2.31. The molecule has 1 heterocycles. The van der Waals surface area contributed by atoms with Crippen molar-refractivity contribution in [1.82, 2.24) is 10.6 Å². The van der Waals surface area contributed by atoms with Crippen LogP contribution in [-0.2, 0) is 16.0 Å². The number of nitrogens with one attached hydrogen (secondary N) is 2. The number of carbonyl (C=O) groups excluding carboxylic acids is 1. The molecule has 3 aromatic rings. The van der Waals surface area contributed by atoms with Crippen molar-refractivity contribution in [2.45, 2.75) is 30.5 Å². The zero-order valence-corrected chi connectivity index (χ0v) is 17.5. The summed E-state index contributed by atoms with van der Waals surface area (Å²) in [6.07, 6.45) is -5.21. The Labute approximate surface area is 188 Å². The van der Waals surface area contributed by atoms with Gasteiger partial charge in [-0.25, -0.2) is 4.79 Å². The Bertz CT molecular complexity index is 1030. The van der Waals surface area contributed by atoms with E-state index in [0.29, 0.717) is 10.6 Å². The highest BCUT2D eigenvalue weighted by molar-refractivity contribution is 6.30. The molecule has 4 nitrogen and oxygen atoms in total. The van der Waals surface area contributed by atoms with Gasteiger partial charge in [-0.1, -0.05) is 84.4 Å². The summed E-state index contributed by atoms with van der Waals surface area (Å²) in [7, 11) is 0. The second kappa shape index (κ2) is 8.94. The van der Waals surface area contributed by atoms with E-state index in [4.69, 9.17) is 16.3 Å². The Morgan fingerprint density at radius 2 is 1.41 bits per heavy atom. The monoisotopic (exact) mass is 460 g/mol. The molecule has 0 aliphatic carbocycles. The molecular formula is C24H20ClF3N2O2. The fourth-order valence-electron chi connectivity index (χ4n) is 3.93. The maximum absolute atomic E-state index is 13.2. The Morgan fingerprint density at radius 1 is 0.875 bits per heavy atom. The Morgan fingerprint density at radius 3 is 1.88 bits per heavy atom. The normalized spacial score (nSPS) is 23.1.